The SMILES string of the molecule is CCC1(C(=O)NC(C)CSC)CCCN1. The third-order valence-electron chi connectivity index (χ3n) is 3.08. The molecule has 1 aliphatic rings. The molecule has 88 valence electrons. The monoisotopic (exact) mass is 230 g/mol. The normalized spacial score (nSPS) is 27.7. The van der Waals surface area contributed by atoms with Crippen LogP contribution in [0.5, 0.6) is 0 Å². The maximum atomic E-state index is 12.1. The first kappa shape index (κ1) is 12.8. The van der Waals surface area contributed by atoms with Crippen LogP contribution in [0.4, 0.5) is 0 Å². The first-order valence-corrected chi connectivity index (χ1v) is 7.09. The molecule has 0 aromatic rings. The minimum atomic E-state index is -0.285. The second-order valence-electron chi connectivity index (χ2n) is 4.30. The number of hydrogen-bond donors (Lipinski definition) is 2. The summed E-state index contributed by atoms with van der Waals surface area (Å²) in [6.07, 6.45) is 5.02. The molecule has 0 aliphatic carbocycles. The van der Waals surface area contributed by atoms with Gasteiger partial charge in [0.1, 0.15) is 0 Å². The van der Waals surface area contributed by atoms with Crippen LogP contribution in [0, 0.1) is 0 Å². The van der Waals surface area contributed by atoms with E-state index in [1.54, 1.807) is 11.8 Å². The summed E-state index contributed by atoms with van der Waals surface area (Å²) in [6.45, 7) is 5.11. The van der Waals surface area contributed by atoms with Gasteiger partial charge in [-0.25, -0.2) is 0 Å². The fraction of sp³-hybridized carbons (Fsp3) is 0.909. The van der Waals surface area contributed by atoms with E-state index in [0.717, 1.165) is 31.6 Å². The quantitative estimate of drug-likeness (QED) is 0.750. The van der Waals surface area contributed by atoms with Crippen molar-refractivity contribution in [3.8, 4) is 0 Å². The van der Waals surface area contributed by atoms with E-state index < -0.39 is 0 Å². The zero-order chi connectivity index (χ0) is 11.3. The molecule has 1 saturated heterocycles. The highest BCUT2D eigenvalue weighted by Crippen LogP contribution is 2.23. The molecule has 4 heteroatoms. The molecule has 15 heavy (non-hydrogen) atoms. The lowest BCUT2D eigenvalue weighted by Crippen LogP contribution is -2.55. The Balaban J connectivity index is 2.50. The van der Waals surface area contributed by atoms with E-state index >= 15 is 0 Å². The molecule has 0 radical (unpaired) electrons. The third kappa shape index (κ3) is 3.11. The Kier molecular flexibility index (Phi) is 4.93. The zero-order valence-electron chi connectivity index (χ0n) is 9.93. The largest absolute Gasteiger partial charge is 0.351 e. The molecule has 0 aromatic heterocycles. The number of carbonyl (C=O) groups is 1. The molecule has 2 N–H and O–H groups in total. The van der Waals surface area contributed by atoms with E-state index in [0.29, 0.717) is 0 Å². The van der Waals surface area contributed by atoms with E-state index in [1.807, 2.05) is 0 Å². The molecule has 1 aliphatic heterocycles. The summed E-state index contributed by atoms with van der Waals surface area (Å²) in [4.78, 5) is 12.1. The predicted octanol–water partition coefficient (Wildman–Crippen LogP) is 1.39. The molecule has 1 rings (SSSR count). The van der Waals surface area contributed by atoms with Gasteiger partial charge in [0, 0.05) is 11.8 Å². The van der Waals surface area contributed by atoms with Crippen molar-refractivity contribution in [1.29, 1.82) is 0 Å². The molecular weight excluding hydrogens is 208 g/mol. The number of rotatable bonds is 5. The molecule has 2 unspecified atom stereocenters. The Morgan fingerprint density at radius 1 is 1.67 bits per heavy atom. The lowest BCUT2D eigenvalue weighted by molar-refractivity contribution is -0.127. The zero-order valence-corrected chi connectivity index (χ0v) is 10.7. The van der Waals surface area contributed by atoms with Crippen molar-refractivity contribution in [3.63, 3.8) is 0 Å². The summed E-state index contributed by atoms with van der Waals surface area (Å²) in [5.41, 5.74) is -0.285. The average molecular weight is 230 g/mol. The van der Waals surface area contributed by atoms with Crippen molar-refractivity contribution in [2.45, 2.75) is 44.7 Å². The second kappa shape index (κ2) is 5.75. The number of hydrogen-bond acceptors (Lipinski definition) is 3. The predicted molar refractivity (Wildman–Crippen MR) is 66.2 cm³/mol. The lowest BCUT2D eigenvalue weighted by atomic mass is 9.93. The molecule has 0 bridgehead atoms. The van der Waals surface area contributed by atoms with Gasteiger partial charge in [-0.15, -0.1) is 0 Å². The lowest BCUT2D eigenvalue weighted by Gasteiger charge is -2.28. The molecule has 0 aromatic carbocycles. The number of thioether (sulfide) groups is 1. The van der Waals surface area contributed by atoms with Crippen molar-refractivity contribution in [2.75, 3.05) is 18.6 Å². The minimum absolute atomic E-state index is 0.184. The van der Waals surface area contributed by atoms with Crippen molar-refractivity contribution >= 4 is 17.7 Å². The van der Waals surface area contributed by atoms with Crippen molar-refractivity contribution in [1.82, 2.24) is 10.6 Å². The highest BCUT2D eigenvalue weighted by Gasteiger charge is 2.39. The minimum Gasteiger partial charge on any atom is -0.351 e. The van der Waals surface area contributed by atoms with Gasteiger partial charge < -0.3 is 10.6 Å². The van der Waals surface area contributed by atoms with Gasteiger partial charge in [-0.3, -0.25) is 4.79 Å². The summed E-state index contributed by atoms with van der Waals surface area (Å²) in [5, 5.41) is 6.44. The third-order valence-corrected chi connectivity index (χ3v) is 3.91. The van der Waals surface area contributed by atoms with E-state index in [-0.39, 0.29) is 17.5 Å². The maximum Gasteiger partial charge on any atom is 0.240 e. The van der Waals surface area contributed by atoms with Gasteiger partial charge >= 0.3 is 0 Å². The van der Waals surface area contributed by atoms with Gasteiger partial charge in [0.2, 0.25) is 5.91 Å². The number of nitrogens with one attached hydrogen (secondary N) is 2. The molecule has 0 spiro atoms. The maximum absolute atomic E-state index is 12.1. The van der Waals surface area contributed by atoms with Crippen LogP contribution in [-0.4, -0.2) is 36.0 Å². The Morgan fingerprint density at radius 2 is 2.40 bits per heavy atom. The van der Waals surface area contributed by atoms with Crippen molar-refractivity contribution in [3.05, 3.63) is 0 Å². The molecule has 2 atom stereocenters. The van der Waals surface area contributed by atoms with E-state index in [2.05, 4.69) is 30.7 Å². The van der Waals surface area contributed by atoms with Crippen molar-refractivity contribution < 1.29 is 4.79 Å². The van der Waals surface area contributed by atoms with E-state index in [1.165, 1.54) is 0 Å². The van der Waals surface area contributed by atoms with Crippen LogP contribution in [0.25, 0.3) is 0 Å². The van der Waals surface area contributed by atoms with E-state index in [4.69, 9.17) is 0 Å². The van der Waals surface area contributed by atoms with Gasteiger partial charge in [-0.1, -0.05) is 6.92 Å². The second-order valence-corrected chi connectivity index (χ2v) is 5.21. The van der Waals surface area contributed by atoms with Crippen LogP contribution >= 0.6 is 11.8 Å². The van der Waals surface area contributed by atoms with Crippen LogP contribution in [0.3, 0.4) is 0 Å². The van der Waals surface area contributed by atoms with Gasteiger partial charge in [0.15, 0.2) is 0 Å². The van der Waals surface area contributed by atoms with Gasteiger partial charge in [-0.05, 0) is 39.0 Å². The van der Waals surface area contributed by atoms with E-state index in [9.17, 15) is 4.79 Å². The van der Waals surface area contributed by atoms with Crippen LogP contribution in [0.2, 0.25) is 0 Å². The van der Waals surface area contributed by atoms with Gasteiger partial charge in [0.25, 0.3) is 0 Å². The highest BCUT2D eigenvalue weighted by atomic mass is 32.2. The Morgan fingerprint density at radius 3 is 2.87 bits per heavy atom. The number of amides is 1. The number of carbonyl (C=O) groups excluding carboxylic acids is 1. The topological polar surface area (TPSA) is 41.1 Å². The van der Waals surface area contributed by atoms with Crippen LogP contribution in [-0.2, 0) is 4.79 Å². The Hall–Kier alpha value is -0.220. The summed E-state index contributed by atoms with van der Waals surface area (Å²) in [5.74, 6) is 1.16. The van der Waals surface area contributed by atoms with Gasteiger partial charge in [0.05, 0.1) is 5.54 Å². The fourth-order valence-electron chi connectivity index (χ4n) is 2.12. The first-order chi connectivity index (χ1) is 7.14. The van der Waals surface area contributed by atoms with Crippen molar-refractivity contribution in [2.24, 2.45) is 0 Å². The Bertz CT molecular complexity index is 215. The molecular formula is C11H22N2OS. The smallest absolute Gasteiger partial charge is 0.240 e. The molecule has 1 amide bonds. The molecule has 1 heterocycles. The fourth-order valence-corrected chi connectivity index (χ4v) is 2.70. The van der Waals surface area contributed by atoms with Crippen LogP contribution in [0.15, 0.2) is 0 Å². The summed E-state index contributed by atoms with van der Waals surface area (Å²) in [6, 6.07) is 0.262. The molecule has 0 saturated carbocycles. The molecule has 3 nitrogen and oxygen atoms in total. The van der Waals surface area contributed by atoms with Crippen LogP contribution < -0.4 is 10.6 Å². The highest BCUT2D eigenvalue weighted by molar-refractivity contribution is 7.98. The standard InChI is InChI=1S/C11H22N2OS/c1-4-11(6-5-7-12-11)10(14)13-9(2)8-15-3/h9,12H,4-8H2,1-3H3,(H,13,14). The van der Waals surface area contributed by atoms with Crippen LogP contribution in [0.1, 0.15) is 33.1 Å². The summed E-state index contributed by atoms with van der Waals surface area (Å²) < 4.78 is 0. The first-order valence-electron chi connectivity index (χ1n) is 5.69. The molecule has 1 fully saturated rings. The summed E-state index contributed by atoms with van der Waals surface area (Å²) >= 11 is 1.77. The average Bonchev–Trinajstić information content (AvgIpc) is 2.67. The van der Waals surface area contributed by atoms with Gasteiger partial charge in [-0.2, -0.15) is 11.8 Å². The Labute approximate surface area is 96.8 Å². The summed E-state index contributed by atoms with van der Waals surface area (Å²) in [7, 11) is 0.